The summed E-state index contributed by atoms with van der Waals surface area (Å²) in [6.07, 6.45) is 11.0. The van der Waals surface area contributed by atoms with Crippen molar-refractivity contribution >= 4 is 45.8 Å². The number of para-hydroxylation sites is 1. The summed E-state index contributed by atoms with van der Waals surface area (Å²) in [6, 6.07) is 7.75. The van der Waals surface area contributed by atoms with E-state index < -0.39 is 23.9 Å². The molecule has 11 rings (SSSR count). The normalized spacial score (nSPS) is 27.8. The van der Waals surface area contributed by atoms with Crippen LogP contribution in [0.25, 0.3) is 16.6 Å². The summed E-state index contributed by atoms with van der Waals surface area (Å²) < 4.78 is 49.5. The number of carbonyl (C=O) groups is 3. The Morgan fingerprint density at radius 1 is 1.08 bits per heavy atom. The van der Waals surface area contributed by atoms with Crippen molar-refractivity contribution in [1.82, 2.24) is 39.8 Å². The van der Waals surface area contributed by atoms with Crippen molar-refractivity contribution in [2.24, 2.45) is 5.92 Å². The molecular formula is C43H48F2N10O6. The van der Waals surface area contributed by atoms with Gasteiger partial charge in [0.05, 0.1) is 48.6 Å². The van der Waals surface area contributed by atoms with Crippen molar-refractivity contribution in [1.29, 1.82) is 0 Å². The zero-order chi connectivity index (χ0) is 41.5. The van der Waals surface area contributed by atoms with E-state index in [9.17, 15) is 23.2 Å². The number of hydrogen-bond acceptors (Lipinski definition) is 12. The number of piperidine rings is 2. The Kier molecular flexibility index (Phi) is 9.45. The summed E-state index contributed by atoms with van der Waals surface area (Å²) in [5.74, 6) is -0.356. The van der Waals surface area contributed by atoms with E-state index in [0.717, 1.165) is 101 Å². The van der Waals surface area contributed by atoms with Gasteiger partial charge in [0.15, 0.2) is 16.9 Å². The second-order valence-corrected chi connectivity index (χ2v) is 17.9. The van der Waals surface area contributed by atoms with E-state index >= 15 is 0 Å². The number of hydrogen-bond donors (Lipinski definition) is 2. The Bertz CT molecular complexity index is 2520. The lowest BCUT2D eigenvalue weighted by atomic mass is 9.85. The molecule has 4 aliphatic heterocycles. The minimum atomic E-state index is -2.85. The number of likely N-dealkylation sites (tertiary alicyclic amines) is 1. The van der Waals surface area contributed by atoms with Gasteiger partial charge in [0.2, 0.25) is 11.8 Å². The average Bonchev–Trinajstić information content (AvgIpc) is 3.95. The van der Waals surface area contributed by atoms with E-state index in [0.29, 0.717) is 42.5 Å². The van der Waals surface area contributed by atoms with Gasteiger partial charge in [0.1, 0.15) is 22.7 Å². The van der Waals surface area contributed by atoms with E-state index in [1.165, 1.54) is 10.7 Å². The van der Waals surface area contributed by atoms with Crippen LogP contribution in [0.5, 0.6) is 0 Å². The van der Waals surface area contributed by atoms with Gasteiger partial charge in [0, 0.05) is 56.9 Å². The zero-order valence-electron chi connectivity index (χ0n) is 33.7. The van der Waals surface area contributed by atoms with E-state index in [1.54, 1.807) is 17.1 Å². The number of imide groups is 1. The number of ether oxygens (including phenoxy) is 2. The van der Waals surface area contributed by atoms with Gasteiger partial charge in [-0.3, -0.25) is 24.4 Å². The van der Waals surface area contributed by atoms with Crippen LogP contribution in [0.1, 0.15) is 110 Å². The summed E-state index contributed by atoms with van der Waals surface area (Å²) in [4.78, 5) is 47.1. The number of morpholine rings is 1. The number of anilines is 2. The third kappa shape index (κ3) is 6.68. The molecule has 3 amide bonds. The maximum Gasteiger partial charge on any atom is 0.284 e. The van der Waals surface area contributed by atoms with Crippen molar-refractivity contribution in [3.05, 3.63) is 65.4 Å². The van der Waals surface area contributed by atoms with Crippen LogP contribution < -0.4 is 15.5 Å². The van der Waals surface area contributed by atoms with Crippen molar-refractivity contribution in [3.63, 3.8) is 0 Å². The number of aryl methyl sites for hydroxylation is 1. The molecule has 0 spiro atoms. The average molecular weight is 839 g/mol. The van der Waals surface area contributed by atoms with Crippen molar-refractivity contribution < 1.29 is 37.2 Å². The molecule has 1 aromatic carbocycles. The molecule has 8 heterocycles. The molecule has 0 radical (unpaired) electrons. The first-order valence-electron chi connectivity index (χ1n) is 21.7. The number of nitrogens with one attached hydrogen (secondary N) is 2. The standard InChI is InChI=1S/C43H48F2N10O6/c44-38(45)36-32(47-41(58)31-19-46-54-17-14-33(48-39(31)54)53-23-43-22-42(43,53)24-60-43)21-55(50-36)27-8-6-25(7-9-27)20-52-15-12-28(13-16-52)59-18-2-4-26-3-1-5-29-35(51-61-37(26)29)30-10-11-34(56)49-40(30)57/h1,3,5,14,17,19,21,25,27-28,30,38H,2,4,6-13,15-16,18,20,22-24H2,(H,47,58)(H,49,56,57)/t25?,27?,30-,42?,43+/m1/s1. The minimum absolute atomic E-state index is 0.00606. The number of carbonyl (C=O) groups excluding carboxylic acids is 3. The lowest BCUT2D eigenvalue weighted by molar-refractivity contribution is -0.134. The van der Waals surface area contributed by atoms with E-state index in [1.807, 2.05) is 24.3 Å². The number of nitrogens with zero attached hydrogens (tertiary/aromatic N) is 8. The quantitative estimate of drug-likeness (QED) is 0.115. The summed E-state index contributed by atoms with van der Waals surface area (Å²) in [5, 5.41) is 18.8. The highest BCUT2D eigenvalue weighted by Gasteiger charge is 2.87. The number of fused-ring (bicyclic) bond motifs is 2. The first-order chi connectivity index (χ1) is 29.7. The second kappa shape index (κ2) is 14.9. The summed E-state index contributed by atoms with van der Waals surface area (Å²) >= 11 is 0. The highest BCUT2D eigenvalue weighted by atomic mass is 19.3. The maximum absolute atomic E-state index is 14.3. The number of rotatable bonds is 13. The molecular weight excluding hydrogens is 791 g/mol. The maximum atomic E-state index is 14.3. The van der Waals surface area contributed by atoms with Crippen molar-refractivity contribution in [2.45, 2.75) is 106 Å². The molecule has 18 heteroatoms. The fourth-order valence-electron chi connectivity index (χ4n) is 10.6. The van der Waals surface area contributed by atoms with Gasteiger partial charge in [-0.25, -0.2) is 18.3 Å². The SMILES string of the molecule is O=C1CC[C@H](c2noc3c(CCCOC4CCN(CC5CCC(n6cc(NC(=O)c7cnn8ccc(N9C[C@@]%10%11CC9%10CO%11)nc78)c(C(F)F)n6)CC5)CC4)cccc23)C(=O)N1. The molecule has 2 aliphatic carbocycles. The molecule has 4 aromatic heterocycles. The van der Waals surface area contributed by atoms with Gasteiger partial charge >= 0.3 is 0 Å². The minimum Gasteiger partial charge on any atom is -0.378 e. The van der Waals surface area contributed by atoms with Crippen molar-refractivity contribution in [2.75, 3.05) is 49.6 Å². The number of alkyl halides is 2. The predicted octanol–water partition coefficient (Wildman–Crippen LogP) is 5.35. The van der Waals surface area contributed by atoms with E-state index in [-0.39, 0.29) is 52.8 Å². The summed E-state index contributed by atoms with van der Waals surface area (Å²) in [7, 11) is 0. The third-order valence-corrected chi connectivity index (χ3v) is 14.3. The van der Waals surface area contributed by atoms with Gasteiger partial charge < -0.3 is 29.1 Å². The van der Waals surface area contributed by atoms with Crippen LogP contribution >= 0.6 is 0 Å². The molecule has 3 atom stereocenters. The predicted molar refractivity (Wildman–Crippen MR) is 215 cm³/mol. The van der Waals surface area contributed by atoms with Gasteiger partial charge in [-0.15, -0.1) is 0 Å². The van der Waals surface area contributed by atoms with Crippen LogP contribution in [0.4, 0.5) is 20.3 Å². The molecule has 61 heavy (non-hydrogen) atoms. The van der Waals surface area contributed by atoms with Crippen LogP contribution in [-0.2, 0) is 25.5 Å². The van der Waals surface area contributed by atoms with Crippen LogP contribution in [0.3, 0.4) is 0 Å². The molecule has 5 aromatic rings. The largest absolute Gasteiger partial charge is 0.378 e. The number of benzene rings is 1. The molecule has 320 valence electrons. The molecule has 2 saturated carbocycles. The molecule has 4 saturated heterocycles. The first-order valence-corrected chi connectivity index (χ1v) is 21.7. The van der Waals surface area contributed by atoms with Crippen LogP contribution in [0.15, 0.2) is 47.4 Å². The lowest BCUT2D eigenvalue weighted by Crippen LogP contribution is -2.71. The second-order valence-electron chi connectivity index (χ2n) is 17.9. The first kappa shape index (κ1) is 38.6. The highest BCUT2D eigenvalue weighted by molar-refractivity contribution is 6.08. The van der Waals surface area contributed by atoms with Gasteiger partial charge in [0.25, 0.3) is 12.3 Å². The Morgan fingerprint density at radius 3 is 2.67 bits per heavy atom. The number of halogens is 2. The monoisotopic (exact) mass is 838 g/mol. The summed E-state index contributed by atoms with van der Waals surface area (Å²) in [5.41, 5.74) is 2.46. The fraction of sp³-hybridized carbons (Fsp3) is 0.558. The molecule has 6 fully saturated rings. The van der Waals surface area contributed by atoms with Gasteiger partial charge in [-0.05, 0) is 81.4 Å². The molecule has 2 N–H and O–H groups in total. The number of amides is 3. The molecule has 6 aliphatic rings. The molecule has 1 unspecified atom stereocenters. The topological polar surface area (TPSA) is 174 Å². The number of aromatic nitrogens is 6. The van der Waals surface area contributed by atoms with E-state index in [2.05, 4.69) is 35.8 Å². The fourth-order valence-corrected chi connectivity index (χ4v) is 10.6. The van der Waals surface area contributed by atoms with Crippen molar-refractivity contribution in [3.8, 4) is 0 Å². The Morgan fingerprint density at radius 2 is 1.93 bits per heavy atom. The molecule has 16 nitrogen and oxygen atoms in total. The highest BCUT2D eigenvalue weighted by Crippen LogP contribution is 2.71. The van der Waals surface area contributed by atoms with Crippen LogP contribution in [0, 0.1) is 5.92 Å². The van der Waals surface area contributed by atoms with Gasteiger partial charge in [-0.2, -0.15) is 10.2 Å². The summed E-state index contributed by atoms with van der Waals surface area (Å²) in [6.45, 7) is 5.05. The van der Waals surface area contributed by atoms with Gasteiger partial charge in [-0.1, -0.05) is 17.3 Å². The Balaban J connectivity index is 0.633. The lowest BCUT2D eigenvalue weighted by Gasteiger charge is -2.54. The Labute approximate surface area is 349 Å². The smallest absolute Gasteiger partial charge is 0.284 e. The van der Waals surface area contributed by atoms with Crippen LogP contribution in [-0.4, -0.2) is 109 Å². The zero-order valence-corrected chi connectivity index (χ0v) is 33.7. The van der Waals surface area contributed by atoms with E-state index in [4.69, 9.17) is 19.0 Å². The Hall–Kier alpha value is -5.33. The van der Waals surface area contributed by atoms with Crippen LogP contribution in [0.2, 0.25) is 0 Å². The molecule has 0 bridgehead atoms. The third-order valence-electron chi connectivity index (χ3n) is 14.3.